The van der Waals surface area contributed by atoms with Crippen LogP contribution in [0.1, 0.15) is 67.6 Å². The first kappa shape index (κ1) is 24.1. The van der Waals surface area contributed by atoms with Gasteiger partial charge in [-0.25, -0.2) is 15.0 Å². The summed E-state index contributed by atoms with van der Waals surface area (Å²) >= 11 is 0. The molecule has 0 spiro atoms. The molecular formula is C25H34N6O3. The number of aryl methyl sites for hydroxylation is 2. The fourth-order valence-electron chi connectivity index (χ4n) is 4.90. The van der Waals surface area contributed by atoms with Gasteiger partial charge < -0.3 is 20.6 Å². The van der Waals surface area contributed by atoms with Crippen molar-refractivity contribution in [1.29, 1.82) is 0 Å². The van der Waals surface area contributed by atoms with E-state index in [9.17, 15) is 14.7 Å². The molecule has 2 aliphatic rings. The van der Waals surface area contributed by atoms with Gasteiger partial charge in [-0.3, -0.25) is 9.59 Å². The SMILES string of the molecule is Cc1ncc(C(CCCN2C(=O)C(NCc3ccc4c(n3)NCCC4)CC2C)CC(=O)O)cn1. The van der Waals surface area contributed by atoms with Gasteiger partial charge in [0.05, 0.1) is 18.2 Å². The zero-order chi connectivity index (χ0) is 24.1. The van der Waals surface area contributed by atoms with Gasteiger partial charge in [0, 0.05) is 38.1 Å². The number of anilines is 1. The molecule has 2 aromatic heterocycles. The van der Waals surface area contributed by atoms with Crippen LogP contribution in [0.2, 0.25) is 0 Å². The first-order valence-corrected chi connectivity index (χ1v) is 12.2. The number of rotatable bonds is 10. The van der Waals surface area contributed by atoms with Gasteiger partial charge in [0.2, 0.25) is 5.91 Å². The van der Waals surface area contributed by atoms with E-state index in [1.165, 1.54) is 5.56 Å². The van der Waals surface area contributed by atoms with E-state index in [1.807, 2.05) is 11.0 Å². The minimum atomic E-state index is -0.841. The highest BCUT2D eigenvalue weighted by Gasteiger charge is 2.36. The zero-order valence-electron chi connectivity index (χ0n) is 20.0. The lowest BCUT2D eigenvalue weighted by atomic mass is 9.93. The van der Waals surface area contributed by atoms with Crippen LogP contribution >= 0.6 is 0 Å². The summed E-state index contributed by atoms with van der Waals surface area (Å²) in [6.07, 6.45) is 7.79. The second-order valence-electron chi connectivity index (χ2n) is 9.39. The van der Waals surface area contributed by atoms with E-state index in [1.54, 1.807) is 19.3 Å². The summed E-state index contributed by atoms with van der Waals surface area (Å²) < 4.78 is 0. The van der Waals surface area contributed by atoms with Crippen LogP contribution in [0.3, 0.4) is 0 Å². The molecule has 1 fully saturated rings. The molecule has 1 saturated heterocycles. The number of hydrogen-bond acceptors (Lipinski definition) is 7. The number of carboxylic acid groups (broad SMARTS) is 1. The Bertz CT molecular complexity index is 1010. The van der Waals surface area contributed by atoms with Crippen LogP contribution in [0.25, 0.3) is 0 Å². The Morgan fingerprint density at radius 1 is 1.32 bits per heavy atom. The molecule has 182 valence electrons. The molecule has 3 unspecified atom stereocenters. The molecule has 0 radical (unpaired) electrons. The van der Waals surface area contributed by atoms with Gasteiger partial charge in [0.25, 0.3) is 0 Å². The van der Waals surface area contributed by atoms with Gasteiger partial charge >= 0.3 is 5.97 Å². The quantitative estimate of drug-likeness (QED) is 0.489. The van der Waals surface area contributed by atoms with Crippen molar-refractivity contribution in [3.8, 4) is 0 Å². The number of aromatic nitrogens is 3. The van der Waals surface area contributed by atoms with E-state index in [-0.39, 0.29) is 30.3 Å². The number of aliphatic carboxylic acids is 1. The fraction of sp³-hybridized carbons (Fsp3) is 0.560. The maximum Gasteiger partial charge on any atom is 0.303 e. The van der Waals surface area contributed by atoms with Crippen molar-refractivity contribution >= 4 is 17.7 Å². The molecule has 2 aliphatic heterocycles. The maximum absolute atomic E-state index is 13.0. The van der Waals surface area contributed by atoms with E-state index in [0.29, 0.717) is 25.3 Å². The molecule has 4 rings (SSSR count). The van der Waals surface area contributed by atoms with Crippen molar-refractivity contribution in [2.75, 3.05) is 18.4 Å². The van der Waals surface area contributed by atoms with Crippen LogP contribution in [-0.2, 0) is 22.6 Å². The number of hydrogen-bond donors (Lipinski definition) is 3. The number of pyridine rings is 1. The van der Waals surface area contributed by atoms with Crippen molar-refractivity contribution in [3.63, 3.8) is 0 Å². The fourth-order valence-corrected chi connectivity index (χ4v) is 4.90. The van der Waals surface area contributed by atoms with E-state index in [4.69, 9.17) is 4.98 Å². The predicted octanol–water partition coefficient (Wildman–Crippen LogP) is 2.66. The Kier molecular flexibility index (Phi) is 7.72. The van der Waals surface area contributed by atoms with Crippen LogP contribution in [0, 0.1) is 6.92 Å². The average molecular weight is 467 g/mol. The first-order valence-electron chi connectivity index (χ1n) is 12.2. The minimum Gasteiger partial charge on any atom is -0.481 e. The highest BCUT2D eigenvalue weighted by Crippen LogP contribution is 2.26. The number of amides is 1. The highest BCUT2D eigenvalue weighted by atomic mass is 16.4. The average Bonchev–Trinajstić information content (AvgIpc) is 3.09. The lowest BCUT2D eigenvalue weighted by Crippen LogP contribution is -2.39. The monoisotopic (exact) mass is 466 g/mol. The van der Waals surface area contributed by atoms with Crippen LogP contribution in [0.15, 0.2) is 24.5 Å². The first-order chi connectivity index (χ1) is 16.4. The Labute approximate surface area is 200 Å². The second kappa shape index (κ2) is 10.9. The number of carbonyl (C=O) groups is 2. The molecule has 3 N–H and O–H groups in total. The largest absolute Gasteiger partial charge is 0.481 e. The molecule has 0 bridgehead atoms. The van der Waals surface area contributed by atoms with Crippen molar-refractivity contribution in [2.24, 2.45) is 0 Å². The number of carbonyl (C=O) groups excluding carboxylic acids is 1. The zero-order valence-corrected chi connectivity index (χ0v) is 20.0. The van der Waals surface area contributed by atoms with E-state index in [2.05, 4.69) is 33.6 Å². The molecule has 1 amide bonds. The van der Waals surface area contributed by atoms with Gasteiger partial charge in [0.15, 0.2) is 0 Å². The summed E-state index contributed by atoms with van der Waals surface area (Å²) in [5.74, 6) is 0.732. The number of nitrogens with zero attached hydrogens (tertiary/aromatic N) is 4. The van der Waals surface area contributed by atoms with Crippen molar-refractivity contribution < 1.29 is 14.7 Å². The van der Waals surface area contributed by atoms with Crippen LogP contribution in [0.4, 0.5) is 5.82 Å². The maximum atomic E-state index is 13.0. The van der Waals surface area contributed by atoms with E-state index >= 15 is 0 Å². The number of fused-ring (bicyclic) bond motifs is 1. The summed E-state index contributed by atoms with van der Waals surface area (Å²) in [7, 11) is 0. The standard InChI is InChI=1S/C25H34N6O3/c1-16-11-22(29-15-21-8-7-18-5-3-9-26-24(18)30-21)25(34)31(16)10-4-6-19(12-23(32)33)20-13-27-17(2)28-14-20/h7-8,13-14,16,19,22,29H,3-6,9-12,15H2,1-2H3,(H,26,30)(H,32,33). The highest BCUT2D eigenvalue weighted by molar-refractivity contribution is 5.84. The lowest BCUT2D eigenvalue weighted by Gasteiger charge is -2.23. The van der Waals surface area contributed by atoms with Crippen LogP contribution in [-0.4, -0.2) is 62.0 Å². The van der Waals surface area contributed by atoms with Crippen molar-refractivity contribution in [3.05, 3.63) is 47.2 Å². The lowest BCUT2D eigenvalue weighted by molar-refractivity contribution is -0.137. The Balaban J connectivity index is 1.29. The smallest absolute Gasteiger partial charge is 0.303 e. The third-order valence-electron chi connectivity index (χ3n) is 6.82. The molecule has 34 heavy (non-hydrogen) atoms. The van der Waals surface area contributed by atoms with Crippen molar-refractivity contribution in [1.82, 2.24) is 25.2 Å². The number of carboxylic acids is 1. The van der Waals surface area contributed by atoms with E-state index in [0.717, 1.165) is 49.3 Å². The molecule has 4 heterocycles. The molecule has 0 saturated carbocycles. The van der Waals surface area contributed by atoms with Gasteiger partial charge in [-0.2, -0.15) is 0 Å². The molecular weight excluding hydrogens is 432 g/mol. The van der Waals surface area contributed by atoms with Gasteiger partial charge in [-0.1, -0.05) is 6.07 Å². The molecule has 9 heteroatoms. The summed E-state index contributed by atoms with van der Waals surface area (Å²) in [6, 6.07) is 4.09. The van der Waals surface area contributed by atoms with Gasteiger partial charge in [0.1, 0.15) is 11.6 Å². The Morgan fingerprint density at radius 2 is 2.12 bits per heavy atom. The normalized spacial score (nSPS) is 20.6. The molecule has 3 atom stereocenters. The van der Waals surface area contributed by atoms with Crippen LogP contribution < -0.4 is 10.6 Å². The summed E-state index contributed by atoms with van der Waals surface area (Å²) in [5.41, 5.74) is 3.02. The van der Waals surface area contributed by atoms with Crippen molar-refractivity contribution in [2.45, 2.75) is 76.9 Å². The molecule has 9 nitrogen and oxygen atoms in total. The third kappa shape index (κ3) is 5.88. The Hall–Kier alpha value is -3.07. The van der Waals surface area contributed by atoms with Crippen LogP contribution in [0.5, 0.6) is 0 Å². The summed E-state index contributed by atoms with van der Waals surface area (Å²) in [5, 5.41) is 16.1. The van der Waals surface area contributed by atoms with Gasteiger partial charge in [-0.05, 0) is 69.1 Å². The summed E-state index contributed by atoms with van der Waals surface area (Å²) in [6.45, 7) is 6.00. The molecule has 0 aliphatic carbocycles. The molecule has 2 aromatic rings. The van der Waals surface area contributed by atoms with Gasteiger partial charge in [-0.15, -0.1) is 0 Å². The Morgan fingerprint density at radius 3 is 2.88 bits per heavy atom. The number of likely N-dealkylation sites (tertiary alicyclic amines) is 1. The third-order valence-corrected chi connectivity index (χ3v) is 6.82. The number of nitrogens with one attached hydrogen (secondary N) is 2. The molecule has 0 aromatic carbocycles. The van der Waals surface area contributed by atoms with E-state index < -0.39 is 5.97 Å². The predicted molar refractivity (Wildman–Crippen MR) is 128 cm³/mol. The minimum absolute atomic E-state index is 0.0305. The summed E-state index contributed by atoms with van der Waals surface area (Å²) in [4.78, 5) is 39.5. The second-order valence-corrected chi connectivity index (χ2v) is 9.39. The topological polar surface area (TPSA) is 120 Å².